The van der Waals surface area contributed by atoms with Crippen molar-refractivity contribution in [1.82, 2.24) is 5.43 Å². The Labute approximate surface area is 88.3 Å². The third kappa shape index (κ3) is 1.78. The van der Waals surface area contributed by atoms with Crippen LogP contribution in [-0.2, 0) is 6.42 Å². The molecule has 0 atom stereocenters. The van der Waals surface area contributed by atoms with Gasteiger partial charge in [-0.25, -0.2) is 0 Å². The topological polar surface area (TPSA) is 15.3 Å². The normalized spacial score (nSPS) is 14.1. The fraction of sp³-hybridized carbons (Fsp3) is 0.222. The maximum absolute atomic E-state index is 4.87. The third-order valence-corrected chi connectivity index (χ3v) is 2.31. The van der Waals surface area contributed by atoms with E-state index in [2.05, 4.69) is 36.3 Å². The first kappa shape index (κ1) is 8.84. The Morgan fingerprint density at radius 1 is 1.46 bits per heavy atom. The number of hydrogen-bond acceptors (Lipinski definition) is 2. The van der Waals surface area contributed by atoms with E-state index >= 15 is 0 Å². The number of fused-ring (bicyclic) bond motifs is 1. The summed E-state index contributed by atoms with van der Waals surface area (Å²) in [6.07, 6.45) is 1.07. The molecule has 0 aromatic heterocycles. The molecule has 0 aliphatic carbocycles. The summed E-state index contributed by atoms with van der Waals surface area (Å²) >= 11 is 8.92. The number of hydrogen-bond donors (Lipinski definition) is 2. The van der Waals surface area contributed by atoms with E-state index in [0.29, 0.717) is 4.32 Å². The molecule has 0 spiro atoms. The summed E-state index contributed by atoms with van der Waals surface area (Å²) in [4.78, 5) is 0. The van der Waals surface area contributed by atoms with Crippen LogP contribution in [0.2, 0.25) is 0 Å². The van der Waals surface area contributed by atoms with Crippen LogP contribution >= 0.6 is 24.8 Å². The van der Waals surface area contributed by atoms with E-state index in [0.717, 1.165) is 13.0 Å². The molecule has 13 heavy (non-hydrogen) atoms. The highest BCUT2D eigenvalue weighted by atomic mass is 32.1. The summed E-state index contributed by atoms with van der Waals surface area (Å²) in [6, 6.07) is 8.31. The lowest BCUT2D eigenvalue weighted by molar-refractivity contribution is 0.814. The number of benzene rings is 1. The lowest BCUT2D eigenvalue weighted by Gasteiger charge is -2.19. The predicted molar refractivity (Wildman–Crippen MR) is 62.2 cm³/mol. The molecule has 1 N–H and O–H groups in total. The number of nitrogens with zero attached hydrogens (tertiary/aromatic N) is 1. The lowest BCUT2D eigenvalue weighted by atomic mass is 10.2. The summed E-state index contributed by atoms with van der Waals surface area (Å²) in [5, 5.41) is 2.03. The van der Waals surface area contributed by atoms with Crippen molar-refractivity contribution in [1.29, 1.82) is 0 Å². The fourth-order valence-electron chi connectivity index (χ4n) is 1.57. The first-order chi connectivity index (χ1) is 6.27. The molecule has 1 aromatic rings. The Morgan fingerprint density at radius 2 is 2.23 bits per heavy atom. The van der Waals surface area contributed by atoms with Gasteiger partial charge in [-0.1, -0.05) is 30.4 Å². The number of anilines is 1. The zero-order valence-corrected chi connectivity index (χ0v) is 8.74. The van der Waals surface area contributed by atoms with Crippen molar-refractivity contribution in [3.63, 3.8) is 0 Å². The van der Waals surface area contributed by atoms with E-state index in [1.807, 2.05) is 11.1 Å². The Morgan fingerprint density at radius 3 is 3.00 bits per heavy atom. The van der Waals surface area contributed by atoms with E-state index in [4.69, 9.17) is 12.2 Å². The third-order valence-electron chi connectivity index (χ3n) is 2.12. The molecular formula is C9H10N2S2. The number of thiol groups is 1. The van der Waals surface area contributed by atoms with Gasteiger partial charge in [-0.15, -0.1) is 12.6 Å². The van der Waals surface area contributed by atoms with Gasteiger partial charge < -0.3 is 0 Å². The molecule has 1 heterocycles. The molecule has 1 aliphatic heterocycles. The van der Waals surface area contributed by atoms with E-state index in [1.54, 1.807) is 0 Å². The maximum Gasteiger partial charge on any atom is 0.149 e. The van der Waals surface area contributed by atoms with Crippen LogP contribution in [0.3, 0.4) is 0 Å². The van der Waals surface area contributed by atoms with Crippen LogP contribution in [0.25, 0.3) is 0 Å². The molecule has 0 fully saturated rings. The van der Waals surface area contributed by atoms with Gasteiger partial charge in [-0.05, 0) is 18.1 Å². The number of nitrogens with one attached hydrogen (secondary N) is 1. The second-order valence-corrected chi connectivity index (χ2v) is 4.11. The predicted octanol–water partition coefficient (Wildman–Crippen LogP) is 1.77. The molecule has 2 rings (SSSR count). The molecule has 0 radical (unpaired) electrons. The Kier molecular flexibility index (Phi) is 2.42. The zero-order valence-electron chi connectivity index (χ0n) is 7.03. The number of rotatable bonds is 1. The highest BCUT2D eigenvalue weighted by Gasteiger charge is 2.17. The summed E-state index contributed by atoms with van der Waals surface area (Å²) in [6.45, 7) is 0.958. The van der Waals surface area contributed by atoms with Gasteiger partial charge in [0.2, 0.25) is 0 Å². The average molecular weight is 210 g/mol. The maximum atomic E-state index is 4.87. The monoisotopic (exact) mass is 210 g/mol. The molecule has 0 saturated carbocycles. The van der Waals surface area contributed by atoms with Crippen LogP contribution in [0.1, 0.15) is 5.56 Å². The van der Waals surface area contributed by atoms with Crippen molar-refractivity contribution in [3.05, 3.63) is 29.8 Å². The number of para-hydroxylation sites is 1. The highest BCUT2D eigenvalue weighted by Crippen LogP contribution is 2.25. The van der Waals surface area contributed by atoms with Gasteiger partial charge in [0.1, 0.15) is 4.32 Å². The molecule has 68 valence electrons. The van der Waals surface area contributed by atoms with Crippen molar-refractivity contribution in [2.24, 2.45) is 0 Å². The van der Waals surface area contributed by atoms with Gasteiger partial charge in [0.05, 0.1) is 5.69 Å². The SMILES string of the molecule is S=C(S)NN1CCc2ccccc21. The van der Waals surface area contributed by atoms with Crippen molar-refractivity contribution in [2.75, 3.05) is 11.6 Å². The molecule has 1 aliphatic rings. The fourth-order valence-corrected chi connectivity index (χ4v) is 1.80. The van der Waals surface area contributed by atoms with Gasteiger partial charge >= 0.3 is 0 Å². The molecule has 0 unspecified atom stereocenters. The Bertz CT molecular complexity index is 338. The lowest BCUT2D eigenvalue weighted by Crippen LogP contribution is -2.38. The summed E-state index contributed by atoms with van der Waals surface area (Å²) in [5.74, 6) is 0. The molecular weight excluding hydrogens is 200 g/mol. The molecule has 4 heteroatoms. The van der Waals surface area contributed by atoms with Crippen LogP contribution in [0.4, 0.5) is 5.69 Å². The van der Waals surface area contributed by atoms with Crippen LogP contribution < -0.4 is 10.4 Å². The zero-order chi connectivity index (χ0) is 9.26. The van der Waals surface area contributed by atoms with Crippen molar-refractivity contribution < 1.29 is 0 Å². The minimum Gasteiger partial charge on any atom is -0.286 e. The summed E-state index contributed by atoms with van der Waals surface area (Å²) in [5.41, 5.74) is 5.59. The quantitative estimate of drug-likeness (QED) is 0.543. The van der Waals surface area contributed by atoms with E-state index in [9.17, 15) is 0 Å². The van der Waals surface area contributed by atoms with Gasteiger partial charge in [-0.3, -0.25) is 10.4 Å². The van der Waals surface area contributed by atoms with Crippen molar-refractivity contribution in [3.8, 4) is 0 Å². The molecule has 0 bridgehead atoms. The minimum atomic E-state index is 0.511. The summed E-state index contributed by atoms with van der Waals surface area (Å²) in [7, 11) is 0. The largest absolute Gasteiger partial charge is 0.286 e. The van der Waals surface area contributed by atoms with Crippen molar-refractivity contribution in [2.45, 2.75) is 6.42 Å². The minimum absolute atomic E-state index is 0.511. The smallest absolute Gasteiger partial charge is 0.149 e. The highest BCUT2D eigenvalue weighted by molar-refractivity contribution is 8.11. The Hall–Kier alpha value is -0.740. The van der Waals surface area contributed by atoms with Gasteiger partial charge in [0.15, 0.2) is 0 Å². The second-order valence-electron chi connectivity index (χ2n) is 2.95. The Balaban J connectivity index is 2.23. The standard InChI is InChI=1S/C9H10N2S2/c12-9(13)10-11-6-5-7-3-1-2-4-8(7)11/h1-4H,5-6H2,(H2,10,12,13). The van der Waals surface area contributed by atoms with E-state index in [1.165, 1.54) is 11.3 Å². The van der Waals surface area contributed by atoms with E-state index in [-0.39, 0.29) is 0 Å². The van der Waals surface area contributed by atoms with Gasteiger partial charge in [0, 0.05) is 6.54 Å². The van der Waals surface area contributed by atoms with Crippen LogP contribution in [0.15, 0.2) is 24.3 Å². The van der Waals surface area contributed by atoms with E-state index < -0.39 is 0 Å². The van der Waals surface area contributed by atoms with Gasteiger partial charge in [-0.2, -0.15) is 0 Å². The first-order valence-electron chi connectivity index (χ1n) is 4.12. The molecule has 2 nitrogen and oxygen atoms in total. The molecule has 1 aromatic carbocycles. The number of thiocarbonyl (C=S) groups is 1. The second kappa shape index (κ2) is 3.55. The first-order valence-corrected chi connectivity index (χ1v) is 4.98. The van der Waals surface area contributed by atoms with Crippen LogP contribution in [0, 0.1) is 0 Å². The van der Waals surface area contributed by atoms with Gasteiger partial charge in [0.25, 0.3) is 0 Å². The average Bonchev–Trinajstić information content (AvgIpc) is 2.48. The summed E-state index contributed by atoms with van der Waals surface area (Å²) < 4.78 is 0.511. The van der Waals surface area contributed by atoms with Crippen LogP contribution in [0.5, 0.6) is 0 Å². The van der Waals surface area contributed by atoms with Crippen molar-refractivity contribution >= 4 is 34.9 Å². The molecule has 0 saturated heterocycles. The number of hydrazine groups is 1. The van der Waals surface area contributed by atoms with Crippen LogP contribution in [-0.4, -0.2) is 10.9 Å². The molecule has 0 amide bonds.